The first-order chi connectivity index (χ1) is 11.7. The molecule has 2 aromatic rings. The quantitative estimate of drug-likeness (QED) is 0.581. The molecule has 0 aromatic heterocycles. The van der Waals surface area contributed by atoms with Gasteiger partial charge in [-0.25, -0.2) is 4.79 Å². The molecule has 0 bridgehead atoms. The lowest BCUT2D eigenvalue weighted by Gasteiger charge is -2.16. The summed E-state index contributed by atoms with van der Waals surface area (Å²) in [7, 11) is 0. The first-order valence-corrected chi connectivity index (χ1v) is 7.91. The number of benzene rings is 2. The highest BCUT2D eigenvalue weighted by molar-refractivity contribution is 9.10. The molecular weight excluding hydrogens is 374 g/mol. The van der Waals surface area contributed by atoms with E-state index in [4.69, 9.17) is 14.3 Å². The number of carbonyl (C=O) groups excluding carboxylic acids is 1. The molecule has 4 rings (SSSR count). The van der Waals surface area contributed by atoms with Gasteiger partial charge in [0.2, 0.25) is 0 Å². The zero-order chi connectivity index (χ0) is 16.5. The maximum atomic E-state index is 12.0. The molecule has 0 amide bonds. The van der Waals surface area contributed by atoms with Gasteiger partial charge < -0.3 is 14.3 Å². The van der Waals surface area contributed by atoms with Crippen LogP contribution in [0.2, 0.25) is 0 Å². The maximum Gasteiger partial charge on any atom is 0.368 e. The van der Waals surface area contributed by atoms with E-state index in [9.17, 15) is 4.79 Å². The van der Waals surface area contributed by atoms with Crippen LogP contribution >= 0.6 is 15.9 Å². The van der Waals surface area contributed by atoms with Crippen LogP contribution in [-0.2, 0) is 9.63 Å². The molecule has 0 unspecified atom stereocenters. The highest BCUT2D eigenvalue weighted by Crippen LogP contribution is 2.33. The lowest BCUT2D eigenvalue weighted by atomic mass is 10.0. The fourth-order valence-electron chi connectivity index (χ4n) is 2.34. The molecule has 6 heteroatoms. The molecule has 0 N–H and O–H groups in total. The first kappa shape index (κ1) is 14.7. The van der Waals surface area contributed by atoms with E-state index in [1.165, 1.54) is 6.26 Å². The smallest absolute Gasteiger partial charge is 0.368 e. The number of hydrogen-bond donors (Lipinski definition) is 0. The number of rotatable bonds is 2. The molecule has 5 nitrogen and oxygen atoms in total. The lowest BCUT2D eigenvalue weighted by Crippen LogP contribution is -2.10. The third-order valence-corrected chi connectivity index (χ3v) is 4.01. The number of fused-ring (bicyclic) bond motifs is 1. The Labute approximate surface area is 146 Å². The van der Waals surface area contributed by atoms with Crippen molar-refractivity contribution in [1.29, 1.82) is 0 Å². The third kappa shape index (κ3) is 2.72. The van der Waals surface area contributed by atoms with Crippen LogP contribution in [0.3, 0.4) is 0 Å². The Bertz CT molecular complexity index is 913. The minimum Gasteiger partial charge on any atom is -0.457 e. The van der Waals surface area contributed by atoms with Gasteiger partial charge in [0, 0.05) is 16.1 Å². The number of halogens is 1. The van der Waals surface area contributed by atoms with Crippen LogP contribution in [0, 0.1) is 0 Å². The van der Waals surface area contributed by atoms with E-state index in [2.05, 4.69) is 21.1 Å². The molecule has 2 heterocycles. The van der Waals surface area contributed by atoms with Gasteiger partial charge in [-0.1, -0.05) is 45.4 Å². The summed E-state index contributed by atoms with van der Waals surface area (Å²) in [6.07, 6.45) is 3.01. The normalized spacial score (nSPS) is 17.4. The molecular formula is C18H10BrNO4. The van der Waals surface area contributed by atoms with Gasteiger partial charge in [0.25, 0.3) is 0 Å². The Balaban J connectivity index is 1.66. The molecule has 24 heavy (non-hydrogen) atoms. The molecule has 2 aliphatic rings. The largest absolute Gasteiger partial charge is 0.457 e. The minimum atomic E-state index is -0.531. The van der Waals surface area contributed by atoms with E-state index >= 15 is 0 Å². The van der Waals surface area contributed by atoms with Crippen molar-refractivity contribution in [2.75, 3.05) is 0 Å². The molecule has 0 fully saturated rings. The summed E-state index contributed by atoms with van der Waals surface area (Å²) in [6, 6.07) is 14.7. The van der Waals surface area contributed by atoms with Gasteiger partial charge in [-0.05, 0) is 24.3 Å². The van der Waals surface area contributed by atoms with Gasteiger partial charge in [-0.2, -0.15) is 0 Å². The fraction of sp³-hybridized carbons (Fsp3) is 0. The van der Waals surface area contributed by atoms with Crippen LogP contribution in [0.1, 0.15) is 5.56 Å². The van der Waals surface area contributed by atoms with Crippen molar-refractivity contribution in [3.63, 3.8) is 0 Å². The van der Waals surface area contributed by atoms with Gasteiger partial charge in [-0.15, -0.1) is 0 Å². The molecule has 2 aromatic carbocycles. The van der Waals surface area contributed by atoms with Crippen LogP contribution in [0.25, 0.3) is 0 Å². The van der Waals surface area contributed by atoms with Gasteiger partial charge in [0.05, 0.1) is 5.57 Å². The monoisotopic (exact) mass is 383 g/mol. The Kier molecular flexibility index (Phi) is 3.66. The summed E-state index contributed by atoms with van der Waals surface area (Å²) in [4.78, 5) is 16.8. The molecule has 2 aliphatic heterocycles. The van der Waals surface area contributed by atoms with Gasteiger partial charge in [0.15, 0.2) is 17.3 Å². The highest BCUT2D eigenvalue weighted by atomic mass is 79.9. The zero-order valence-electron chi connectivity index (χ0n) is 12.2. The average molecular weight is 384 g/mol. The van der Waals surface area contributed by atoms with E-state index in [1.807, 2.05) is 36.4 Å². The summed E-state index contributed by atoms with van der Waals surface area (Å²) in [5.74, 6) is 1.07. The summed E-state index contributed by atoms with van der Waals surface area (Å²) < 4.78 is 12.2. The number of allylic oxidation sites excluding steroid dienone is 1. The van der Waals surface area contributed by atoms with Crippen molar-refractivity contribution >= 4 is 27.6 Å². The number of ether oxygens (including phenoxy) is 2. The van der Waals surface area contributed by atoms with Gasteiger partial charge in [0.1, 0.15) is 12.0 Å². The SMILES string of the molecule is O=C1ON=C(c2ccc(Br)cc2)/C1=C/C1=COc2ccccc2O1. The molecule has 0 spiro atoms. The van der Waals surface area contributed by atoms with Crippen molar-refractivity contribution in [3.8, 4) is 11.5 Å². The molecule has 118 valence electrons. The van der Waals surface area contributed by atoms with E-state index in [-0.39, 0.29) is 0 Å². The average Bonchev–Trinajstić information content (AvgIpc) is 2.96. The second kappa shape index (κ2) is 5.98. The molecule has 0 aliphatic carbocycles. The standard InChI is InChI=1S/C18H10BrNO4/c19-12-7-5-11(6-8-12)17-14(18(21)24-20-17)9-13-10-22-15-3-1-2-4-16(15)23-13/h1-10H/b14-9-. The zero-order valence-corrected chi connectivity index (χ0v) is 13.8. The highest BCUT2D eigenvalue weighted by Gasteiger charge is 2.28. The number of nitrogens with zero attached hydrogens (tertiary/aromatic N) is 1. The van der Waals surface area contributed by atoms with E-state index in [1.54, 1.807) is 18.2 Å². The summed E-state index contributed by atoms with van der Waals surface area (Å²) in [6.45, 7) is 0. The van der Waals surface area contributed by atoms with Crippen molar-refractivity contribution in [1.82, 2.24) is 0 Å². The van der Waals surface area contributed by atoms with Crippen LogP contribution in [0.4, 0.5) is 0 Å². The van der Waals surface area contributed by atoms with Crippen LogP contribution < -0.4 is 9.47 Å². The van der Waals surface area contributed by atoms with Crippen molar-refractivity contribution in [3.05, 3.63) is 82.2 Å². The van der Waals surface area contributed by atoms with E-state index in [0.29, 0.717) is 28.5 Å². The molecule has 0 radical (unpaired) electrons. The minimum absolute atomic E-state index is 0.312. The predicted molar refractivity (Wildman–Crippen MR) is 90.6 cm³/mol. The number of carbonyl (C=O) groups is 1. The summed E-state index contributed by atoms with van der Waals surface area (Å²) in [5, 5.41) is 3.87. The second-order valence-corrected chi connectivity index (χ2v) is 5.99. The Morgan fingerprint density at radius 2 is 1.75 bits per heavy atom. The maximum absolute atomic E-state index is 12.0. The fourth-order valence-corrected chi connectivity index (χ4v) is 2.60. The van der Waals surface area contributed by atoms with Crippen molar-refractivity contribution in [2.45, 2.75) is 0 Å². The van der Waals surface area contributed by atoms with Gasteiger partial charge in [-0.3, -0.25) is 0 Å². The predicted octanol–water partition coefficient (Wildman–Crippen LogP) is 3.95. The molecule has 0 saturated heterocycles. The Morgan fingerprint density at radius 1 is 1.00 bits per heavy atom. The number of oxime groups is 1. The third-order valence-electron chi connectivity index (χ3n) is 3.48. The van der Waals surface area contributed by atoms with Crippen molar-refractivity contribution < 1.29 is 19.1 Å². The second-order valence-electron chi connectivity index (χ2n) is 5.07. The Morgan fingerprint density at radius 3 is 2.54 bits per heavy atom. The Hall–Kier alpha value is -2.86. The number of hydrogen-bond acceptors (Lipinski definition) is 5. The molecule has 0 atom stereocenters. The summed E-state index contributed by atoms with van der Waals surface area (Å²) >= 11 is 3.38. The van der Waals surface area contributed by atoms with Crippen LogP contribution in [-0.4, -0.2) is 11.7 Å². The van der Waals surface area contributed by atoms with Crippen LogP contribution in [0.5, 0.6) is 11.5 Å². The number of para-hydroxylation sites is 2. The molecule has 0 saturated carbocycles. The van der Waals surface area contributed by atoms with Gasteiger partial charge >= 0.3 is 5.97 Å². The van der Waals surface area contributed by atoms with Crippen molar-refractivity contribution in [2.24, 2.45) is 5.16 Å². The summed E-state index contributed by atoms with van der Waals surface area (Å²) in [5.41, 5.74) is 1.54. The van der Waals surface area contributed by atoms with E-state index in [0.717, 1.165) is 10.0 Å². The van der Waals surface area contributed by atoms with Crippen LogP contribution in [0.15, 0.2) is 81.8 Å². The first-order valence-electron chi connectivity index (χ1n) is 7.12. The van der Waals surface area contributed by atoms with E-state index < -0.39 is 5.97 Å². The lowest BCUT2D eigenvalue weighted by molar-refractivity contribution is -0.136. The topological polar surface area (TPSA) is 57.1 Å².